The molecule has 0 saturated carbocycles. The Morgan fingerprint density at radius 2 is 1.21 bits per heavy atom. The molecule has 0 radical (unpaired) electrons. The smallest absolute Gasteiger partial charge is 0.336 e. The van der Waals surface area contributed by atoms with E-state index in [1.54, 1.807) is 0 Å². The minimum atomic E-state index is -2.74. The van der Waals surface area contributed by atoms with Gasteiger partial charge in [0.25, 0.3) is 0 Å². The van der Waals surface area contributed by atoms with Crippen molar-refractivity contribution >= 4 is 17.9 Å². The van der Waals surface area contributed by atoms with Crippen molar-refractivity contribution < 1.29 is 55.2 Å². The van der Waals surface area contributed by atoms with E-state index in [1.165, 1.54) is 0 Å². The Kier molecular flexibility index (Phi) is 6.31. The van der Waals surface area contributed by atoms with Gasteiger partial charge in [0.1, 0.15) is 0 Å². The van der Waals surface area contributed by atoms with Crippen molar-refractivity contribution in [2.45, 2.75) is 18.4 Å². The predicted molar refractivity (Wildman–Crippen MR) is 37.1 cm³/mol. The molecule has 8 heteroatoms. The fourth-order valence-corrected chi connectivity index (χ4v) is 0.714. The first-order valence-electron chi connectivity index (χ1n) is 3.17. The van der Waals surface area contributed by atoms with Gasteiger partial charge in [0.15, 0.2) is 5.60 Å². The van der Waals surface area contributed by atoms with Crippen LogP contribution in [0.15, 0.2) is 0 Å². The van der Waals surface area contributed by atoms with Gasteiger partial charge in [-0.15, -0.1) is 0 Å². The summed E-state index contributed by atoms with van der Waals surface area (Å²) < 4.78 is 0. The maximum atomic E-state index is 10.3. The second-order valence-electron chi connectivity index (χ2n) is 2.48. The number of aliphatic carboxylic acids is 3. The van der Waals surface area contributed by atoms with E-state index in [0.29, 0.717) is 0 Å². The molecular formula is C6H8O7Pd. The van der Waals surface area contributed by atoms with E-state index in [0.717, 1.165) is 0 Å². The quantitative estimate of drug-likeness (QED) is 0.466. The van der Waals surface area contributed by atoms with Crippen LogP contribution in [0.25, 0.3) is 0 Å². The molecule has 4 N–H and O–H groups in total. The van der Waals surface area contributed by atoms with Crippen LogP contribution in [0.3, 0.4) is 0 Å². The predicted octanol–water partition coefficient (Wildman–Crippen LogP) is -1.25. The van der Waals surface area contributed by atoms with Gasteiger partial charge < -0.3 is 20.4 Å². The van der Waals surface area contributed by atoms with Crippen molar-refractivity contribution in [3.05, 3.63) is 0 Å². The molecule has 0 aliphatic heterocycles. The van der Waals surface area contributed by atoms with Crippen LogP contribution in [-0.4, -0.2) is 43.9 Å². The number of hydrogen-bond donors (Lipinski definition) is 4. The molecule has 0 spiro atoms. The summed E-state index contributed by atoms with van der Waals surface area (Å²) in [5, 5.41) is 33.8. The third-order valence-corrected chi connectivity index (χ3v) is 1.29. The maximum absolute atomic E-state index is 10.3. The van der Waals surface area contributed by atoms with Crippen LogP contribution >= 0.6 is 0 Å². The number of rotatable bonds is 5. The zero-order valence-electron chi connectivity index (χ0n) is 6.74. The first-order chi connectivity index (χ1) is 5.78. The normalized spacial score (nSPS) is 10.1. The molecule has 0 atom stereocenters. The third-order valence-electron chi connectivity index (χ3n) is 1.29. The van der Waals surface area contributed by atoms with Gasteiger partial charge >= 0.3 is 17.9 Å². The van der Waals surface area contributed by atoms with Gasteiger partial charge in [0.2, 0.25) is 0 Å². The van der Waals surface area contributed by atoms with E-state index in [-0.39, 0.29) is 20.4 Å². The Labute approximate surface area is 92.0 Å². The fraction of sp³-hybridized carbons (Fsp3) is 0.500. The molecule has 0 aromatic carbocycles. The molecule has 0 aliphatic carbocycles. The second kappa shape index (κ2) is 5.70. The number of carboxylic acid groups (broad SMARTS) is 3. The molecule has 0 bridgehead atoms. The summed E-state index contributed by atoms with van der Waals surface area (Å²) >= 11 is 0. The molecule has 0 fully saturated rings. The van der Waals surface area contributed by atoms with Crippen LogP contribution in [0.1, 0.15) is 12.8 Å². The van der Waals surface area contributed by atoms with E-state index in [2.05, 4.69) is 0 Å². The van der Waals surface area contributed by atoms with E-state index in [9.17, 15) is 14.4 Å². The molecule has 0 aromatic rings. The fourth-order valence-electron chi connectivity index (χ4n) is 0.714. The average molecular weight is 299 g/mol. The average Bonchev–Trinajstić information content (AvgIpc) is 1.82. The first kappa shape index (κ1) is 15.5. The van der Waals surface area contributed by atoms with Crippen molar-refractivity contribution in [1.82, 2.24) is 0 Å². The van der Waals surface area contributed by atoms with Crippen molar-refractivity contribution in [3.63, 3.8) is 0 Å². The Bertz CT molecular complexity index is 233. The summed E-state index contributed by atoms with van der Waals surface area (Å²) in [6.45, 7) is 0. The summed E-state index contributed by atoms with van der Waals surface area (Å²) in [4.78, 5) is 30.5. The molecule has 0 amide bonds. The number of aliphatic hydroxyl groups is 1. The van der Waals surface area contributed by atoms with Crippen molar-refractivity contribution in [1.29, 1.82) is 0 Å². The van der Waals surface area contributed by atoms with Gasteiger partial charge in [0, 0.05) is 20.4 Å². The Morgan fingerprint density at radius 1 is 0.929 bits per heavy atom. The summed E-state index contributed by atoms with van der Waals surface area (Å²) in [7, 11) is 0. The third kappa shape index (κ3) is 4.91. The van der Waals surface area contributed by atoms with Crippen LogP contribution in [0.2, 0.25) is 0 Å². The van der Waals surface area contributed by atoms with Crippen molar-refractivity contribution in [2.24, 2.45) is 0 Å². The largest absolute Gasteiger partial charge is 0.481 e. The number of carboxylic acids is 3. The van der Waals surface area contributed by atoms with Crippen molar-refractivity contribution in [3.8, 4) is 0 Å². The molecule has 7 nitrogen and oxygen atoms in total. The molecule has 0 aromatic heterocycles. The van der Waals surface area contributed by atoms with Gasteiger partial charge in [-0.05, 0) is 0 Å². The standard InChI is InChI=1S/C6H8O7.Pd/c7-3(8)1-6(13,5(11)12)2-4(9)10;/h13H,1-2H2,(H,7,8)(H,9,10)(H,11,12);. The van der Waals surface area contributed by atoms with Gasteiger partial charge in [-0.1, -0.05) is 0 Å². The van der Waals surface area contributed by atoms with E-state index < -0.39 is 36.4 Å². The minimum Gasteiger partial charge on any atom is -0.481 e. The maximum Gasteiger partial charge on any atom is 0.336 e. The first-order valence-corrected chi connectivity index (χ1v) is 3.17. The zero-order chi connectivity index (χ0) is 10.6. The van der Waals surface area contributed by atoms with Crippen molar-refractivity contribution in [2.75, 3.05) is 0 Å². The molecule has 14 heavy (non-hydrogen) atoms. The summed E-state index contributed by atoms with van der Waals surface area (Å²) in [6.07, 6.45) is -2.29. The zero-order valence-corrected chi connectivity index (χ0v) is 8.30. The van der Waals surface area contributed by atoms with Gasteiger partial charge in [-0.3, -0.25) is 9.59 Å². The summed E-state index contributed by atoms with van der Waals surface area (Å²) in [5.74, 6) is -5.02. The SMILES string of the molecule is O=C(O)CC(O)(CC(=O)O)C(=O)O.[Pd]. The number of hydrogen-bond acceptors (Lipinski definition) is 4. The topological polar surface area (TPSA) is 132 Å². The Balaban J connectivity index is 0. The van der Waals surface area contributed by atoms with Gasteiger partial charge in [0.05, 0.1) is 12.8 Å². The molecule has 84 valence electrons. The molecule has 0 rings (SSSR count). The van der Waals surface area contributed by atoms with Crippen LogP contribution in [0.5, 0.6) is 0 Å². The van der Waals surface area contributed by atoms with Crippen LogP contribution in [0.4, 0.5) is 0 Å². The number of carbonyl (C=O) groups is 3. The van der Waals surface area contributed by atoms with Gasteiger partial charge in [-0.2, -0.15) is 0 Å². The van der Waals surface area contributed by atoms with Crippen LogP contribution < -0.4 is 0 Å². The minimum absolute atomic E-state index is 0. The molecule has 0 unspecified atom stereocenters. The molecule has 0 heterocycles. The van der Waals surface area contributed by atoms with Crippen LogP contribution in [-0.2, 0) is 34.8 Å². The Hall–Kier alpha value is -0.968. The second-order valence-corrected chi connectivity index (χ2v) is 2.48. The van der Waals surface area contributed by atoms with E-state index in [1.807, 2.05) is 0 Å². The molecular weight excluding hydrogens is 290 g/mol. The van der Waals surface area contributed by atoms with Crippen LogP contribution in [0, 0.1) is 0 Å². The monoisotopic (exact) mass is 298 g/mol. The summed E-state index contributed by atoms with van der Waals surface area (Å²) in [6, 6.07) is 0. The van der Waals surface area contributed by atoms with E-state index >= 15 is 0 Å². The molecule has 0 aliphatic rings. The Morgan fingerprint density at radius 3 is 1.36 bits per heavy atom. The summed E-state index contributed by atoms with van der Waals surface area (Å²) in [5.41, 5.74) is -2.74. The van der Waals surface area contributed by atoms with Gasteiger partial charge in [-0.25, -0.2) is 4.79 Å². The molecule has 0 saturated heterocycles. The van der Waals surface area contributed by atoms with E-state index in [4.69, 9.17) is 20.4 Å².